The molecular formula is C18H14F2N2O. The van der Waals surface area contributed by atoms with Gasteiger partial charge in [0.1, 0.15) is 23.5 Å². The summed E-state index contributed by atoms with van der Waals surface area (Å²) in [5, 5.41) is 9.21. The van der Waals surface area contributed by atoms with Crippen LogP contribution in [0.1, 0.15) is 23.6 Å². The van der Waals surface area contributed by atoms with Crippen molar-refractivity contribution in [2.24, 2.45) is 0 Å². The summed E-state index contributed by atoms with van der Waals surface area (Å²) in [6.07, 6.45) is 0.489. The minimum Gasteiger partial charge on any atom is -0.492 e. The van der Waals surface area contributed by atoms with Gasteiger partial charge >= 0.3 is 0 Å². The summed E-state index contributed by atoms with van der Waals surface area (Å²) in [6, 6.07) is 5.88. The predicted octanol–water partition coefficient (Wildman–Crippen LogP) is 4.05. The van der Waals surface area contributed by atoms with E-state index in [0.29, 0.717) is 41.0 Å². The molecule has 0 unspecified atom stereocenters. The van der Waals surface area contributed by atoms with Gasteiger partial charge in [0.2, 0.25) is 0 Å². The molecule has 0 radical (unpaired) electrons. The number of allylic oxidation sites excluding steroid dienone is 1. The van der Waals surface area contributed by atoms with E-state index in [1.807, 2.05) is 6.07 Å². The summed E-state index contributed by atoms with van der Waals surface area (Å²) in [4.78, 5) is 0. The van der Waals surface area contributed by atoms with Crippen molar-refractivity contribution in [1.82, 2.24) is 0 Å². The number of nitrogens with zero attached hydrogens (tertiary/aromatic N) is 1. The zero-order valence-corrected chi connectivity index (χ0v) is 12.5. The Morgan fingerprint density at radius 2 is 1.96 bits per heavy atom. The molecule has 2 aromatic rings. The van der Waals surface area contributed by atoms with Crippen LogP contribution < -0.4 is 10.5 Å². The van der Waals surface area contributed by atoms with Gasteiger partial charge in [-0.05, 0) is 30.7 Å². The Bertz CT molecular complexity index is 859. The van der Waals surface area contributed by atoms with Gasteiger partial charge in [-0.1, -0.05) is 12.2 Å². The first-order valence-electron chi connectivity index (χ1n) is 7.07. The molecule has 0 aliphatic carbocycles. The lowest BCUT2D eigenvalue weighted by Crippen LogP contribution is -2.00. The molecule has 0 fully saturated rings. The number of hydrogen-bond acceptors (Lipinski definition) is 3. The van der Waals surface area contributed by atoms with Crippen molar-refractivity contribution < 1.29 is 13.5 Å². The number of ether oxygens (including phenoxy) is 1. The quantitative estimate of drug-likeness (QED) is 0.851. The Morgan fingerprint density at radius 1 is 1.30 bits per heavy atom. The summed E-state index contributed by atoms with van der Waals surface area (Å²) in [5.74, 6) is -1.11. The summed E-state index contributed by atoms with van der Waals surface area (Å²) in [6.45, 7) is 5.72. The normalized spacial score (nSPS) is 12.4. The number of rotatable bonds is 2. The van der Waals surface area contributed by atoms with Crippen molar-refractivity contribution in [1.29, 1.82) is 5.26 Å². The number of nitriles is 1. The van der Waals surface area contributed by atoms with Crippen molar-refractivity contribution in [3.63, 3.8) is 0 Å². The third-order valence-corrected chi connectivity index (χ3v) is 3.92. The van der Waals surface area contributed by atoms with E-state index in [9.17, 15) is 14.0 Å². The third-order valence-electron chi connectivity index (χ3n) is 3.92. The second kappa shape index (κ2) is 5.40. The summed E-state index contributed by atoms with van der Waals surface area (Å²) in [7, 11) is 0. The molecule has 1 aliphatic heterocycles. The van der Waals surface area contributed by atoms with Gasteiger partial charge in [0.15, 0.2) is 0 Å². The third kappa shape index (κ3) is 2.33. The van der Waals surface area contributed by atoms with Crippen LogP contribution in [0.25, 0.3) is 16.7 Å². The van der Waals surface area contributed by atoms with Gasteiger partial charge in [-0.15, -0.1) is 0 Å². The van der Waals surface area contributed by atoms with E-state index in [4.69, 9.17) is 10.5 Å². The van der Waals surface area contributed by atoms with Gasteiger partial charge in [0.05, 0.1) is 23.4 Å². The molecule has 2 N–H and O–H groups in total. The predicted molar refractivity (Wildman–Crippen MR) is 84.8 cm³/mol. The molecule has 0 atom stereocenters. The lowest BCUT2D eigenvalue weighted by atomic mass is 9.94. The molecule has 2 aromatic carbocycles. The average molecular weight is 312 g/mol. The first-order chi connectivity index (χ1) is 10.9. The SMILES string of the molecule is C=C(C)c1cc(F)c(-c2cc(N)c(C#N)c3c2OCC3)c(F)c1. The van der Waals surface area contributed by atoms with Gasteiger partial charge in [0.25, 0.3) is 0 Å². The number of fused-ring (bicyclic) bond motifs is 1. The highest BCUT2D eigenvalue weighted by atomic mass is 19.1. The maximum atomic E-state index is 14.5. The second-order valence-corrected chi connectivity index (χ2v) is 5.50. The van der Waals surface area contributed by atoms with Crippen LogP contribution in [-0.2, 0) is 6.42 Å². The van der Waals surface area contributed by atoms with Gasteiger partial charge in [-0.2, -0.15) is 5.26 Å². The van der Waals surface area contributed by atoms with Crippen LogP contribution in [0, 0.1) is 23.0 Å². The summed E-state index contributed by atoms with van der Waals surface area (Å²) in [5.41, 5.74) is 7.97. The Kier molecular flexibility index (Phi) is 3.53. The Morgan fingerprint density at radius 3 is 2.52 bits per heavy atom. The van der Waals surface area contributed by atoms with Crippen LogP contribution in [0.3, 0.4) is 0 Å². The van der Waals surface area contributed by atoms with Gasteiger partial charge < -0.3 is 10.5 Å². The van der Waals surface area contributed by atoms with E-state index >= 15 is 0 Å². The lowest BCUT2D eigenvalue weighted by molar-refractivity contribution is 0.357. The largest absolute Gasteiger partial charge is 0.492 e. The fourth-order valence-electron chi connectivity index (χ4n) is 2.80. The van der Waals surface area contributed by atoms with Crippen LogP contribution in [-0.4, -0.2) is 6.61 Å². The summed E-state index contributed by atoms with van der Waals surface area (Å²) >= 11 is 0. The number of nitrogens with two attached hydrogens (primary N) is 1. The first-order valence-corrected chi connectivity index (χ1v) is 7.07. The van der Waals surface area contributed by atoms with Crippen molar-refractivity contribution >= 4 is 11.3 Å². The van der Waals surface area contributed by atoms with Crippen LogP contribution in [0.5, 0.6) is 5.75 Å². The molecule has 5 heteroatoms. The van der Waals surface area contributed by atoms with Gasteiger partial charge in [-0.25, -0.2) is 8.78 Å². The van der Waals surface area contributed by atoms with E-state index in [-0.39, 0.29) is 16.8 Å². The molecule has 0 bridgehead atoms. The highest BCUT2D eigenvalue weighted by Gasteiger charge is 2.26. The molecule has 3 rings (SSSR count). The zero-order valence-electron chi connectivity index (χ0n) is 12.5. The number of halogens is 2. The number of hydrogen-bond donors (Lipinski definition) is 1. The van der Waals surface area contributed by atoms with Gasteiger partial charge in [-0.3, -0.25) is 0 Å². The number of benzene rings is 2. The van der Waals surface area contributed by atoms with Crippen molar-refractivity contribution in [3.05, 3.63) is 53.1 Å². The molecule has 0 spiro atoms. The van der Waals surface area contributed by atoms with Crippen LogP contribution in [0.4, 0.5) is 14.5 Å². The highest BCUT2D eigenvalue weighted by Crippen LogP contribution is 2.43. The molecule has 0 aromatic heterocycles. The molecule has 1 heterocycles. The molecule has 0 saturated carbocycles. The zero-order chi connectivity index (χ0) is 16.7. The molecule has 1 aliphatic rings. The van der Waals surface area contributed by atoms with Crippen LogP contribution in [0.2, 0.25) is 0 Å². The molecule has 23 heavy (non-hydrogen) atoms. The Hall–Kier alpha value is -2.87. The lowest BCUT2D eigenvalue weighted by Gasteiger charge is -2.14. The minimum absolute atomic E-state index is 0.189. The monoisotopic (exact) mass is 312 g/mol. The summed E-state index contributed by atoms with van der Waals surface area (Å²) < 4.78 is 34.5. The molecular weight excluding hydrogens is 298 g/mol. The van der Waals surface area contributed by atoms with E-state index in [0.717, 1.165) is 0 Å². The Labute approximate surface area is 132 Å². The molecule has 0 saturated heterocycles. The Balaban J connectivity index is 2.29. The van der Waals surface area contributed by atoms with Crippen molar-refractivity contribution in [2.45, 2.75) is 13.3 Å². The minimum atomic E-state index is -0.718. The van der Waals surface area contributed by atoms with Gasteiger partial charge in [0, 0.05) is 17.5 Å². The van der Waals surface area contributed by atoms with E-state index in [1.165, 1.54) is 18.2 Å². The maximum absolute atomic E-state index is 14.5. The molecule has 3 nitrogen and oxygen atoms in total. The number of anilines is 1. The average Bonchev–Trinajstić information content (AvgIpc) is 2.95. The van der Waals surface area contributed by atoms with Crippen LogP contribution >= 0.6 is 0 Å². The number of nitrogen functional groups attached to an aromatic ring is 1. The topological polar surface area (TPSA) is 59.0 Å². The highest BCUT2D eigenvalue weighted by molar-refractivity contribution is 5.82. The second-order valence-electron chi connectivity index (χ2n) is 5.50. The maximum Gasteiger partial charge on any atom is 0.134 e. The fraction of sp³-hybridized carbons (Fsp3) is 0.167. The van der Waals surface area contributed by atoms with Crippen molar-refractivity contribution in [3.8, 4) is 22.9 Å². The van der Waals surface area contributed by atoms with E-state index < -0.39 is 11.6 Å². The van der Waals surface area contributed by atoms with E-state index in [2.05, 4.69) is 6.58 Å². The standard InChI is InChI=1S/C18H14F2N2O/c1-9(2)10-5-14(19)17(15(20)6-10)12-7-16(22)13(8-21)11-3-4-23-18(11)12/h5-7H,1,3-4,22H2,2H3. The van der Waals surface area contributed by atoms with Crippen LogP contribution in [0.15, 0.2) is 24.8 Å². The fourth-order valence-corrected chi connectivity index (χ4v) is 2.80. The smallest absolute Gasteiger partial charge is 0.134 e. The van der Waals surface area contributed by atoms with Crippen molar-refractivity contribution in [2.75, 3.05) is 12.3 Å². The molecule has 116 valence electrons. The molecule has 0 amide bonds. The van der Waals surface area contributed by atoms with E-state index in [1.54, 1.807) is 6.92 Å². The first kappa shape index (κ1) is 15.0.